The van der Waals surface area contributed by atoms with Gasteiger partial charge in [0.05, 0.1) is 13.1 Å². The van der Waals surface area contributed by atoms with Crippen LogP contribution in [0.4, 0.5) is 0 Å². The van der Waals surface area contributed by atoms with Gasteiger partial charge >= 0.3 is 0 Å². The van der Waals surface area contributed by atoms with Crippen LogP contribution in [0.2, 0.25) is 0 Å². The summed E-state index contributed by atoms with van der Waals surface area (Å²) in [6.07, 6.45) is 2.13. The van der Waals surface area contributed by atoms with Crippen LogP contribution in [-0.4, -0.2) is 64.7 Å². The number of hydrogen-bond acceptors (Lipinski definition) is 5. The molecule has 212 valence electrons. The fourth-order valence-electron chi connectivity index (χ4n) is 5.57. The molecule has 3 N–H and O–H groups in total. The lowest BCUT2D eigenvalue weighted by molar-refractivity contribution is -0.147. The first-order valence-electron chi connectivity index (χ1n) is 14.1. The Balaban J connectivity index is 1.39. The quantitative estimate of drug-likeness (QED) is 0.295. The SMILES string of the molecule is CC(=O)N(Cc1ccccc1C)C(=O)C(Cc1c[nH]c2ccccc12)NC(=O)CN1CCNCC1c1ccccc1. The third-order valence-electron chi connectivity index (χ3n) is 7.85. The number of hydrogen-bond donors (Lipinski definition) is 3. The van der Waals surface area contributed by atoms with Crippen LogP contribution in [0.15, 0.2) is 85.1 Å². The van der Waals surface area contributed by atoms with E-state index in [4.69, 9.17) is 0 Å². The van der Waals surface area contributed by atoms with Crippen molar-refractivity contribution in [1.82, 2.24) is 25.4 Å². The number of carbonyl (C=O) groups is 3. The van der Waals surface area contributed by atoms with Gasteiger partial charge in [-0.2, -0.15) is 0 Å². The van der Waals surface area contributed by atoms with Crippen LogP contribution in [0.3, 0.4) is 0 Å². The van der Waals surface area contributed by atoms with Crippen LogP contribution in [0.5, 0.6) is 0 Å². The van der Waals surface area contributed by atoms with E-state index in [1.165, 1.54) is 11.8 Å². The number of imide groups is 1. The highest BCUT2D eigenvalue weighted by Gasteiger charge is 2.32. The summed E-state index contributed by atoms with van der Waals surface area (Å²) in [5.41, 5.74) is 4.88. The number of fused-ring (bicyclic) bond motifs is 1. The highest BCUT2D eigenvalue weighted by molar-refractivity contribution is 5.99. The van der Waals surface area contributed by atoms with Crippen molar-refractivity contribution in [3.63, 3.8) is 0 Å². The average Bonchev–Trinajstić information content (AvgIpc) is 3.39. The third-order valence-corrected chi connectivity index (χ3v) is 7.85. The largest absolute Gasteiger partial charge is 0.361 e. The Bertz CT molecular complexity index is 1520. The molecule has 1 aromatic heterocycles. The van der Waals surface area contributed by atoms with E-state index in [1.54, 1.807) is 0 Å². The van der Waals surface area contributed by atoms with E-state index in [0.717, 1.165) is 46.2 Å². The van der Waals surface area contributed by atoms with E-state index in [0.29, 0.717) is 6.54 Å². The summed E-state index contributed by atoms with van der Waals surface area (Å²) in [5, 5.41) is 7.42. The smallest absolute Gasteiger partial charge is 0.252 e. The van der Waals surface area contributed by atoms with E-state index in [9.17, 15) is 14.4 Å². The average molecular weight is 552 g/mol. The van der Waals surface area contributed by atoms with E-state index >= 15 is 0 Å². The maximum absolute atomic E-state index is 14.0. The van der Waals surface area contributed by atoms with Crippen molar-refractivity contribution in [2.75, 3.05) is 26.2 Å². The van der Waals surface area contributed by atoms with E-state index < -0.39 is 11.9 Å². The van der Waals surface area contributed by atoms with Gasteiger partial charge in [-0.05, 0) is 35.2 Å². The fraction of sp³-hybridized carbons (Fsp3) is 0.303. The number of aromatic nitrogens is 1. The maximum atomic E-state index is 14.0. The summed E-state index contributed by atoms with van der Waals surface area (Å²) in [7, 11) is 0. The van der Waals surface area contributed by atoms with Crippen molar-refractivity contribution in [2.45, 2.75) is 38.9 Å². The number of nitrogens with one attached hydrogen (secondary N) is 3. The summed E-state index contributed by atoms with van der Waals surface area (Å²) < 4.78 is 0. The molecule has 8 heteroatoms. The second-order valence-corrected chi connectivity index (χ2v) is 10.7. The Morgan fingerprint density at radius 1 is 0.976 bits per heavy atom. The molecule has 1 aliphatic heterocycles. The Kier molecular flexibility index (Phi) is 8.91. The van der Waals surface area contributed by atoms with Gasteiger partial charge in [0.15, 0.2) is 0 Å². The summed E-state index contributed by atoms with van der Waals surface area (Å²) in [5.74, 6) is -1.02. The predicted molar refractivity (Wildman–Crippen MR) is 160 cm³/mol. The molecule has 0 spiro atoms. The molecule has 4 aromatic rings. The molecule has 0 saturated carbocycles. The van der Waals surface area contributed by atoms with Gasteiger partial charge in [-0.3, -0.25) is 24.2 Å². The number of nitrogens with zero attached hydrogens (tertiary/aromatic N) is 2. The molecule has 3 aromatic carbocycles. The number of benzene rings is 3. The van der Waals surface area contributed by atoms with Gasteiger partial charge in [-0.1, -0.05) is 72.8 Å². The number of aromatic amines is 1. The van der Waals surface area contributed by atoms with Crippen LogP contribution in [0, 0.1) is 6.92 Å². The first-order valence-corrected chi connectivity index (χ1v) is 14.1. The zero-order valence-corrected chi connectivity index (χ0v) is 23.6. The second-order valence-electron chi connectivity index (χ2n) is 10.7. The molecule has 41 heavy (non-hydrogen) atoms. The van der Waals surface area contributed by atoms with Crippen molar-refractivity contribution in [3.05, 3.63) is 107 Å². The van der Waals surface area contributed by atoms with Crippen LogP contribution in [0.25, 0.3) is 10.9 Å². The highest BCUT2D eigenvalue weighted by atomic mass is 16.2. The molecule has 1 saturated heterocycles. The molecule has 3 amide bonds. The Morgan fingerprint density at radius 3 is 2.49 bits per heavy atom. The van der Waals surface area contributed by atoms with E-state index in [-0.39, 0.29) is 37.4 Å². The molecular formula is C33H37N5O3. The first kappa shape index (κ1) is 28.3. The molecule has 2 atom stereocenters. The van der Waals surface area contributed by atoms with Crippen molar-refractivity contribution < 1.29 is 14.4 Å². The van der Waals surface area contributed by atoms with Crippen LogP contribution in [0.1, 0.15) is 35.2 Å². The predicted octanol–water partition coefficient (Wildman–Crippen LogP) is 3.73. The van der Waals surface area contributed by atoms with Crippen molar-refractivity contribution in [3.8, 4) is 0 Å². The van der Waals surface area contributed by atoms with Gasteiger partial charge in [0.1, 0.15) is 6.04 Å². The summed E-state index contributed by atoms with van der Waals surface area (Å²) >= 11 is 0. The van der Waals surface area contributed by atoms with Crippen molar-refractivity contribution >= 4 is 28.6 Å². The first-order chi connectivity index (χ1) is 19.9. The number of H-pyrrole nitrogens is 1. The lowest BCUT2D eigenvalue weighted by Gasteiger charge is -2.36. The molecule has 2 heterocycles. The van der Waals surface area contributed by atoms with Gasteiger partial charge in [-0.15, -0.1) is 0 Å². The maximum Gasteiger partial charge on any atom is 0.252 e. The number of amides is 3. The van der Waals surface area contributed by atoms with Gasteiger partial charge in [-0.25, -0.2) is 0 Å². The molecule has 8 nitrogen and oxygen atoms in total. The summed E-state index contributed by atoms with van der Waals surface area (Å²) in [4.78, 5) is 47.0. The summed E-state index contributed by atoms with van der Waals surface area (Å²) in [6, 6.07) is 24.8. The minimum absolute atomic E-state index is 0.0493. The Morgan fingerprint density at radius 2 is 1.71 bits per heavy atom. The minimum Gasteiger partial charge on any atom is -0.361 e. The number of rotatable bonds is 9. The van der Waals surface area contributed by atoms with Crippen LogP contribution < -0.4 is 10.6 Å². The molecule has 0 bridgehead atoms. The standard InChI is InChI=1S/C33H37N5O3/c1-23-10-6-7-13-26(23)21-38(24(2)39)33(41)30(18-27-19-35-29-15-9-8-14-28(27)29)36-32(40)22-37-17-16-34-20-31(37)25-11-4-3-5-12-25/h3-15,19,30-31,34-35H,16-18,20-22H2,1-2H3,(H,36,40). The normalized spacial score (nSPS) is 16.3. The molecular weight excluding hydrogens is 514 g/mol. The van der Waals surface area contributed by atoms with Crippen molar-refractivity contribution in [2.24, 2.45) is 0 Å². The lowest BCUT2D eigenvalue weighted by Crippen LogP contribution is -2.54. The molecule has 0 radical (unpaired) electrons. The van der Waals surface area contributed by atoms with E-state index in [2.05, 4.69) is 32.7 Å². The minimum atomic E-state index is -0.910. The number of para-hydroxylation sites is 1. The molecule has 1 fully saturated rings. The fourth-order valence-corrected chi connectivity index (χ4v) is 5.57. The zero-order chi connectivity index (χ0) is 28.8. The van der Waals surface area contributed by atoms with E-state index in [1.807, 2.05) is 79.9 Å². The highest BCUT2D eigenvalue weighted by Crippen LogP contribution is 2.23. The topological polar surface area (TPSA) is 97.5 Å². The van der Waals surface area contributed by atoms with Crippen LogP contribution >= 0.6 is 0 Å². The molecule has 5 rings (SSSR count). The molecule has 0 aliphatic carbocycles. The third kappa shape index (κ3) is 6.73. The van der Waals surface area contributed by atoms with Crippen LogP contribution in [-0.2, 0) is 27.3 Å². The number of piperazine rings is 1. The van der Waals surface area contributed by atoms with Gasteiger partial charge in [0.25, 0.3) is 5.91 Å². The second kappa shape index (κ2) is 12.9. The monoisotopic (exact) mass is 551 g/mol. The van der Waals surface area contributed by atoms with Crippen molar-refractivity contribution in [1.29, 1.82) is 0 Å². The van der Waals surface area contributed by atoms with Gasteiger partial charge in [0.2, 0.25) is 11.8 Å². The van der Waals surface area contributed by atoms with Gasteiger partial charge in [0, 0.05) is 56.1 Å². The van der Waals surface area contributed by atoms with Gasteiger partial charge < -0.3 is 15.6 Å². The number of aryl methyl sites for hydroxylation is 1. The molecule has 2 unspecified atom stereocenters. The number of carbonyl (C=O) groups excluding carboxylic acids is 3. The Hall–Kier alpha value is -4.27. The molecule has 1 aliphatic rings. The summed E-state index contributed by atoms with van der Waals surface area (Å²) in [6.45, 7) is 5.88. The Labute approximate surface area is 240 Å². The zero-order valence-electron chi connectivity index (χ0n) is 23.6. The lowest BCUT2D eigenvalue weighted by atomic mass is 10.0.